The monoisotopic (exact) mass is 332 g/mol. The molecule has 0 aliphatic carbocycles. The molecular weight excluding hydrogens is 308 g/mol. The number of hydrogen-bond acceptors (Lipinski definition) is 5. The number of rotatable bonds is 3. The van der Waals surface area contributed by atoms with Crippen LogP contribution in [-0.2, 0) is 14.3 Å². The molecule has 6 heteroatoms. The summed E-state index contributed by atoms with van der Waals surface area (Å²) in [5.41, 5.74) is 1.82. The first kappa shape index (κ1) is 16.8. The standard InChI is InChI=1S/C18H24N2O4/c1-23-18(22)15-6-8-20(9-7-15)17(21)14-2-4-16(5-3-14)19-10-12-24-13-11-19/h2-5,15H,6-13H2,1H3. The maximum absolute atomic E-state index is 12.6. The van der Waals surface area contributed by atoms with Crippen molar-refractivity contribution in [1.82, 2.24) is 4.90 Å². The summed E-state index contributed by atoms with van der Waals surface area (Å²) >= 11 is 0. The Morgan fingerprint density at radius 3 is 2.25 bits per heavy atom. The number of morpholine rings is 1. The average molecular weight is 332 g/mol. The highest BCUT2D eigenvalue weighted by Gasteiger charge is 2.28. The van der Waals surface area contributed by atoms with Gasteiger partial charge in [-0.15, -0.1) is 0 Å². The number of piperidine rings is 1. The van der Waals surface area contributed by atoms with Crippen LogP contribution in [0.25, 0.3) is 0 Å². The molecule has 0 unspecified atom stereocenters. The van der Waals surface area contributed by atoms with Crippen LogP contribution >= 0.6 is 0 Å². The summed E-state index contributed by atoms with van der Waals surface area (Å²) in [7, 11) is 1.41. The number of carbonyl (C=O) groups is 2. The summed E-state index contributed by atoms with van der Waals surface area (Å²) in [4.78, 5) is 28.3. The zero-order chi connectivity index (χ0) is 16.9. The fourth-order valence-electron chi connectivity index (χ4n) is 3.30. The normalized spacial score (nSPS) is 19.2. The highest BCUT2D eigenvalue weighted by molar-refractivity contribution is 5.94. The van der Waals surface area contributed by atoms with Gasteiger partial charge in [-0.25, -0.2) is 0 Å². The third-order valence-corrected chi connectivity index (χ3v) is 4.81. The van der Waals surface area contributed by atoms with Crippen LogP contribution in [0.3, 0.4) is 0 Å². The van der Waals surface area contributed by atoms with E-state index in [-0.39, 0.29) is 17.8 Å². The summed E-state index contributed by atoms with van der Waals surface area (Å²) in [6, 6.07) is 7.78. The molecule has 0 aromatic heterocycles. The zero-order valence-electron chi connectivity index (χ0n) is 14.1. The lowest BCUT2D eigenvalue weighted by Gasteiger charge is -2.31. The lowest BCUT2D eigenvalue weighted by atomic mass is 9.96. The Morgan fingerprint density at radius 1 is 1.04 bits per heavy atom. The fourth-order valence-corrected chi connectivity index (χ4v) is 3.30. The summed E-state index contributed by atoms with van der Waals surface area (Å²) < 4.78 is 10.1. The van der Waals surface area contributed by atoms with Crippen molar-refractivity contribution in [1.29, 1.82) is 0 Å². The Balaban J connectivity index is 1.58. The molecule has 24 heavy (non-hydrogen) atoms. The summed E-state index contributed by atoms with van der Waals surface area (Å²) in [6.45, 7) is 4.46. The van der Waals surface area contributed by atoms with E-state index in [9.17, 15) is 9.59 Å². The lowest BCUT2D eigenvalue weighted by molar-refractivity contribution is -0.146. The number of nitrogens with zero attached hydrogens (tertiary/aromatic N) is 2. The molecule has 0 saturated carbocycles. The predicted octanol–water partition coefficient (Wildman–Crippen LogP) is 1.55. The van der Waals surface area contributed by atoms with Crippen molar-refractivity contribution in [3.8, 4) is 0 Å². The minimum atomic E-state index is -0.169. The van der Waals surface area contributed by atoms with Crippen LogP contribution in [0.15, 0.2) is 24.3 Å². The Labute approximate surface area is 142 Å². The molecule has 1 amide bonds. The maximum Gasteiger partial charge on any atom is 0.308 e. The van der Waals surface area contributed by atoms with Gasteiger partial charge in [0.1, 0.15) is 0 Å². The minimum Gasteiger partial charge on any atom is -0.469 e. The molecule has 130 valence electrons. The van der Waals surface area contributed by atoms with Gasteiger partial charge in [-0.05, 0) is 37.1 Å². The van der Waals surface area contributed by atoms with E-state index in [2.05, 4.69) is 4.90 Å². The highest BCUT2D eigenvalue weighted by Crippen LogP contribution is 2.22. The number of methoxy groups -OCH3 is 1. The van der Waals surface area contributed by atoms with Gasteiger partial charge in [0.05, 0.1) is 26.2 Å². The van der Waals surface area contributed by atoms with Crippen LogP contribution in [0.4, 0.5) is 5.69 Å². The van der Waals surface area contributed by atoms with Gasteiger partial charge in [0.2, 0.25) is 0 Å². The van der Waals surface area contributed by atoms with Crippen molar-refractivity contribution < 1.29 is 19.1 Å². The fraction of sp³-hybridized carbons (Fsp3) is 0.556. The number of likely N-dealkylation sites (tertiary alicyclic amines) is 1. The first-order chi connectivity index (χ1) is 11.7. The van der Waals surface area contributed by atoms with E-state index in [1.807, 2.05) is 29.2 Å². The molecule has 2 aliphatic heterocycles. The number of anilines is 1. The van der Waals surface area contributed by atoms with Crippen LogP contribution in [0, 0.1) is 5.92 Å². The molecule has 0 atom stereocenters. The van der Waals surface area contributed by atoms with E-state index < -0.39 is 0 Å². The largest absolute Gasteiger partial charge is 0.469 e. The molecule has 2 heterocycles. The Morgan fingerprint density at radius 2 is 1.67 bits per heavy atom. The number of benzene rings is 1. The molecular formula is C18H24N2O4. The Hall–Kier alpha value is -2.08. The molecule has 2 fully saturated rings. The summed E-state index contributed by atoms with van der Waals surface area (Å²) in [5.74, 6) is -0.216. The van der Waals surface area contributed by atoms with Crippen LogP contribution < -0.4 is 4.90 Å². The molecule has 2 saturated heterocycles. The van der Waals surface area contributed by atoms with Crippen molar-refractivity contribution >= 4 is 17.6 Å². The minimum absolute atomic E-state index is 0.0341. The molecule has 1 aromatic carbocycles. The summed E-state index contributed by atoms with van der Waals surface area (Å²) in [6.07, 6.45) is 1.34. The molecule has 2 aliphatic rings. The smallest absolute Gasteiger partial charge is 0.308 e. The van der Waals surface area contributed by atoms with Crippen LogP contribution in [-0.4, -0.2) is 63.3 Å². The predicted molar refractivity (Wildman–Crippen MR) is 90.1 cm³/mol. The van der Waals surface area contributed by atoms with Crippen molar-refractivity contribution in [2.75, 3.05) is 51.4 Å². The molecule has 6 nitrogen and oxygen atoms in total. The SMILES string of the molecule is COC(=O)C1CCN(C(=O)c2ccc(N3CCOCC3)cc2)CC1. The maximum atomic E-state index is 12.6. The first-order valence-corrected chi connectivity index (χ1v) is 8.49. The van der Waals surface area contributed by atoms with Gasteiger partial charge in [-0.2, -0.15) is 0 Å². The number of esters is 1. The number of hydrogen-bond donors (Lipinski definition) is 0. The van der Waals surface area contributed by atoms with Gasteiger partial charge in [-0.1, -0.05) is 0 Å². The van der Waals surface area contributed by atoms with E-state index in [1.165, 1.54) is 7.11 Å². The zero-order valence-corrected chi connectivity index (χ0v) is 14.1. The number of ether oxygens (including phenoxy) is 2. The van der Waals surface area contributed by atoms with Crippen LogP contribution in [0.1, 0.15) is 23.2 Å². The van der Waals surface area contributed by atoms with E-state index in [1.54, 1.807) is 0 Å². The molecule has 3 rings (SSSR count). The first-order valence-electron chi connectivity index (χ1n) is 8.49. The molecule has 0 spiro atoms. The van der Waals surface area contributed by atoms with Gasteiger partial charge >= 0.3 is 5.97 Å². The lowest BCUT2D eigenvalue weighted by Crippen LogP contribution is -2.40. The second-order valence-electron chi connectivity index (χ2n) is 6.24. The van der Waals surface area contributed by atoms with E-state index in [0.717, 1.165) is 32.0 Å². The topological polar surface area (TPSA) is 59.1 Å². The van der Waals surface area contributed by atoms with Crippen molar-refractivity contribution in [3.63, 3.8) is 0 Å². The van der Waals surface area contributed by atoms with Gasteiger partial charge in [0.25, 0.3) is 5.91 Å². The van der Waals surface area contributed by atoms with Gasteiger partial charge in [-0.3, -0.25) is 9.59 Å². The Bertz CT molecular complexity index is 573. The number of amides is 1. The second kappa shape index (κ2) is 7.66. The van der Waals surface area contributed by atoms with Gasteiger partial charge in [0.15, 0.2) is 0 Å². The van der Waals surface area contributed by atoms with Crippen molar-refractivity contribution in [3.05, 3.63) is 29.8 Å². The Kier molecular flexibility index (Phi) is 5.35. The second-order valence-corrected chi connectivity index (χ2v) is 6.24. The highest BCUT2D eigenvalue weighted by atomic mass is 16.5. The third kappa shape index (κ3) is 3.70. The van der Waals surface area contributed by atoms with Crippen molar-refractivity contribution in [2.24, 2.45) is 5.92 Å². The van der Waals surface area contributed by atoms with E-state index >= 15 is 0 Å². The third-order valence-electron chi connectivity index (χ3n) is 4.81. The molecule has 0 N–H and O–H groups in total. The van der Waals surface area contributed by atoms with Crippen LogP contribution in [0.2, 0.25) is 0 Å². The van der Waals surface area contributed by atoms with Gasteiger partial charge in [0, 0.05) is 37.4 Å². The molecule has 0 bridgehead atoms. The average Bonchev–Trinajstić information content (AvgIpc) is 2.68. The molecule has 0 radical (unpaired) electrons. The van der Waals surface area contributed by atoms with Gasteiger partial charge < -0.3 is 19.3 Å². The van der Waals surface area contributed by atoms with E-state index in [0.29, 0.717) is 31.5 Å². The summed E-state index contributed by atoms with van der Waals surface area (Å²) in [5, 5.41) is 0. The van der Waals surface area contributed by atoms with E-state index in [4.69, 9.17) is 9.47 Å². The molecule has 1 aromatic rings. The number of carbonyl (C=O) groups excluding carboxylic acids is 2. The quantitative estimate of drug-likeness (QED) is 0.786. The van der Waals surface area contributed by atoms with Crippen molar-refractivity contribution in [2.45, 2.75) is 12.8 Å². The van der Waals surface area contributed by atoms with Crippen LogP contribution in [0.5, 0.6) is 0 Å².